The summed E-state index contributed by atoms with van der Waals surface area (Å²) >= 11 is 2.52. The predicted molar refractivity (Wildman–Crippen MR) is 98.9 cm³/mol. The number of thiophene rings is 1. The Balaban J connectivity index is 1.52. The van der Waals surface area contributed by atoms with Gasteiger partial charge in [-0.3, -0.25) is 10.1 Å². The van der Waals surface area contributed by atoms with E-state index in [0.717, 1.165) is 16.2 Å². The Bertz CT molecular complexity index is 1120. The molecule has 1 amide bonds. The van der Waals surface area contributed by atoms with Crippen LogP contribution in [0.5, 0.6) is 5.75 Å². The monoisotopic (exact) mass is 425 g/mol. The molecule has 11 heteroatoms. The number of nitrogens with one attached hydrogen (secondary N) is 1. The molecule has 4 aromatic rings. The lowest BCUT2D eigenvalue weighted by atomic mass is 10.3. The molecule has 0 aliphatic carbocycles. The number of oxazole rings is 1. The number of ether oxygens (including phenoxy) is 1. The van der Waals surface area contributed by atoms with Gasteiger partial charge in [0.1, 0.15) is 5.75 Å². The minimum absolute atomic E-state index is 0.0721. The van der Waals surface area contributed by atoms with Crippen LogP contribution in [0.4, 0.5) is 18.3 Å². The van der Waals surface area contributed by atoms with Crippen molar-refractivity contribution in [2.45, 2.75) is 6.18 Å². The number of aromatic nitrogens is 2. The third-order valence-electron chi connectivity index (χ3n) is 3.51. The summed E-state index contributed by atoms with van der Waals surface area (Å²) in [4.78, 5) is 21.5. The molecule has 144 valence electrons. The van der Waals surface area contributed by atoms with Crippen molar-refractivity contribution in [3.8, 4) is 16.4 Å². The average molecular weight is 425 g/mol. The number of hydrogen-bond donors (Lipinski definition) is 1. The van der Waals surface area contributed by atoms with E-state index in [-0.39, 0.29) is 16.6 Å². The summed E-state index contributed by atoms with van der Waals surface area (Å²) < 4.78 is 47.4. The first-order chi connectivity index (χ1) is 13.4. The van der Waals surface area contributed by atoms with E-state index in [1.807, 2.05) is 17.5 Å². The first-order valence-corrected chi connectivity index (χ1v) is 9.47. The molecule has 6 nitrogen and oxygen atoms in total. The van der Waals surface area contributed by atoms with Crippen LogP contribution in [-0.4, -0.2) is 28.7 Å². The number of alkyl halides is 3. The highest BCUT2D eigenvalue weighted by Crippen LogP contribution is 2.32. The number of carbonyl (C=O) groups is 1. The Morgan fingerprint density at radius 1 is 1.29 bits per heavy atom. The normalized spacial score (nSPS) is 11.7. The van der Waals surface area contributed by atoms with Gasteiger partial charge < -0.3 is 9.15 Å². The van der Waals surface area contributed by atoms with Crippen LogP contribution < -0.4 is 10.1 Å². The lowest BCUT2D eigenvalue weighted by Crippen LogP contribution is -2.19. The van der Waals surface area contributed by atoms with Crippen LogP contribution in [0.3, 0.4) is 0 Å². The number of amides is 1. The number of carbonyl (C=O) groups excluding carboxylic acids is 1. The van der Waals surface area contributed by atoms with Gasteiger partial charge in [-0.1, -0.05) is 17.4 Å². The molecule has 0 aliphatic rings. The zero-order chi connectivity index (χ0) is 19.7. The molecule has 28 heavy (non-hydrogen) atoms. The lowest BCUT2D eigenvalue weighted by molar-refractivity contribution is -0.153. The number of halogens is 3. The fourth-order valence-corrected chi connectivity index (χ4v) is 3.96. The second kappa shape index (κ2) is 7.24. The molecule has 0 spiro atoms. The van der Waals surface area contributed by atoms with E-state index < -0.39 is 18.7 Å². The number of thiazole rings is 1. The van der Waals surface area contributed by atoms with Crippen LogP contribution in [0, 0.1) is 0 Å². The highest BCUT2D eigenvalue weighted by atomic mass is 32.1. The first kappa shape index (κ1) is 18.4. The van der Waals surface area contributed by atoms with Crippen LogP contribution >= 0.6 is 22.7 Å². The van der Waals surface area contributed by atoms with Crippen molar-refractivity contribution >= 4 is 43.9 Å². The second-order valence-corrected chi connectivity index (χ2v) is 7.49. The third kappa shape index (κ3) is 3.99. The van der Waals surface area contributed by atoms with Crippen molar-refractivity contribution in [2.75, 3.05) is 11.9 Å². The zero-order valence-electron chi connectivity index (χ0n) is 13.8. The van der Waals surface area contributed by atoms with Crippen LogP contribution in [-0.2, 0) is 0 Å². The average Bonchev–Trinajstić information content (AvgIpc) is 3.37. The van der Waals surface area contributed by atoms with E-state index >= 15 is 0 Å². The van der Waals surface area contributed by atoms with Crippen LogP contribution in [0.25, 0.3) is 20.9 Å². The maximum Gasteiger partial charge on any atom is 0.422 e. The number of nitrogens with zero attached hydrogens (tertiary/aromatic N) is 2. The molecular formula is C17H10F3N3O3S2. The van der Waals surface area contributed by atoms with Gasteiger partial charge in [0, 0.05) is 0 Å². The molecule has 0 radical (unpaired) electrons. The Hall–Kier alpha value is -2.92. The number of fused-ring (bicyclic) bond motifs is 1. The van der Waals surface area contributed by atoms with Crippen molar-refractivity contribution in [1.82, 2.24) is 9.97 Å². The fraction of sp³-hybridized carbons (Fsp3) is 0.118. The molecule has 4 rings (SSSR count). The maximum atomic E-state index is 12.5. The van der Waals surface area contributed by atoms with E-state index in [1.54, 1.807) is 0 Å². The van der Waals surface area contributed by atoms with Crippen molar-refractivity contribution in [3.05, 3.63) is 47.8 Å². The number of anilines is 1. The van der Waals surface area contributed by atoms with Gasteiger partial charge in [-0.05, 0) is 29.6 Å². The van der Waals surface area contributed by atoms with Crippen molar-refractivity contribution < 1.29 is 27.1 Å². The summed E-state index contributed by atoms with van der Waals surface area (Å²) in [6.45, 7) is -1.38. The highest BCUT2D eigenvalue weighted by molar-refractivity contribution is 7.22. The van der Waals surface area contributed by atoms with E-state index in [4.69, 9.17) is 9.15 Å². The smallest absolute Gasteiger partial charge is 0.422 e. The summed E-state index contributed by atoms with van der Waals surface area (Å²) in [6, 6.07) is 8.01. The largest absolute Gasteiger partial charge is 0.484 e. The Kier molecular flexibility index (Phi) is 4.77. The molecule has 0 fully saturated rings. The standard InChI is InChI=1S/C17H10F3N3O3S2/c18-17(19,20)7-25-9-3-4-10-12(6-9)28-16(22-10)23-15(24)13-14(26-8-21-13)11-2-1-5-27-11/h1-6,8H,7H2,(H,22,23,24). The van der Waals surface area contributed by atoms with Gasteiger partial charge in [0.2, 0.25) is 0 Å². The van der Waals surface area contributed by atoms with Gasteiger partial charge in [-0.15, -0.1) is 11.3 Å². The van der Waals surface area contributed by atoms with Crippen molar-refractivity contribution in [2.24, 2.45) is 0 Å². The van der Waals surface area contributed by atoms with Gasteiger partial charge in [0.25, 0.3) is 5.91 Å². The third-order valence-corrected chi connectivity index (χ3v) is 5.31. The molecule has 0 aliphatic heterocycles. The summed E-state index contributed by atoms with van der Waals surface area (Å²) in [5.74, 6) is -0.0657. The zero-order valence-corrected chi connectivity index (χ0v) is 15.5. The summed E-state index contributed by atoms with van der Waals surface area (Å²) in [5, 5.41) is 4.78. The summed E-state index contributed by atoms with van der Waals surface area (Å²) in [7, 11) is 0. The minimum atomic E-state index is -4.42. The molecule has 3 heterocycles. The minimum Gasteiger partial charge on any atom is -0.484 e. The van der Waals surface area contributed by atoms with Gasteiger partial charge in [0.05, 0.1) is 15.1 Å². The molecule has 1 aromatic carbocycles. The van der Waals surface area contributed by atoms with Crippen LogP contribution in [0.15, 0.2) is 46.5 Å². The van der Waals surface area contributed by atoms with Crippen LogP contribution in [0.2, 0.25) is 0 Å². The van der Waals surface area contributed by atoms with Gasteiger partial charge in [-0.2, -0.15) is 13.2 Å². The first-order valence-electron chi connectivity index (χ1n) is 7.78. The predicted octanol–water partition coefficient (Wildman–Crippen LogP) is 5.21. The SMILES string of the molecule is O=C(Nc1nc2ccc(OCC(F)(F)F)cc2s1)c1ncoc1-c1cccs1. The molecule has 3 aromatic heterocycles. The van der Waals surface area contributed by atoms with E-state index in [0.29, 0.717) is 16.0 Å². The summed E-state index contributed by atoms with van der Waals surface area (Å²) in [6.07, 6.45) is -3.23. The van der Waals surface area contributed by atoms with Gasteiger partial charge in [-0.25, -0.2) is 9.97 Å². The number of rotatable bonds is 5. The number of benzene rings is 1. The van der Waals surface area contributed by atoms with Gasteiger partial charge in [0.15, 0.2) is 29.6 Å². The molecule has 0 saturated heterocycles. The molecule has 0 bridgehead atoms. The summed E-state index contributed by atoms with van der Waals surface area (Å²) in [5.41, 5.74) is 0.647. The number of hydrogen-bond acceptors (Lipinski definition) is 7. The quantitative estimate of drug-likeness (QED) is 0.475. The van der Waals surface area contributed by atoms with Crippen molar-refractivity contribution in [1.29, 1.82) is 0 Å². The Morgan fingerprint density at radius 2 is 2.14 bits per heavy atom. The maximum absolute atomic E-state index is 12.5. The van der Waals surface area contributed by atoms with E-state index in [1.165, 1.54) is 35.9 Å². The highest BCUT2D eigenvalue weighted by Gasteiger charge is 2.28. The topological polar surface area (TPSA) is 77.2 Å². The van der Waals surface area contributed by atoms with Gasteiger partial charge >= 0.3 is 6.18 Å². The molecule has 1 N–H and O–H groups in total. The van der Waals surface area contributed by atoms with Crippen LogP contribution in [0.1, 0.15) is 10.5 Å². The van der Waals surface area contributed by atoms with Crippen molar-refractivity contribution in [3.63, 3.8) is 0 Å². The fourth-order valence-electron chi connectivity index (χ4n) is 2.36. The Morgan fingerprint density at radius 3 is 2.89 bits per heavy atom. The van der Waals surface area contributed by atoms with E-state index in [2.05, 4.69) is 15.3 Å². The second-order valence-electron chi connectivity index (χ2n) is 5.51. The molecular weight excluding hydrogens is 415 g/mol. The molecule has 0 saturated carbocycles. The van der Waals surface area contributed by atoms with E-state index in [9.17, 15) is 18.0 Å². The Labute approximate surface area is 163 Å². The molecule has 0 atom stereocenters. The lowest BCUT2D eigenvalue weighted by Gasteiger charge is -2.08. The molecule has 0 unspecified atom stereocenters.